The molecule has 378 valence electrons. The molecule has 0 bridgehead atoms. The number of nitrogens with zero attached hydrogens (tertiary/aromatic N) is 3. The lowest BCUT2D eigenvalue weighted by molar-refractivity contribution is 0.195. The predicted octanol–water partition coefficient (Wildman–Crippen LogP) is 17.1. The van der Waals surface area contributed by atoms with Crippen molar-refractivity contribution in [2.24, 2.45) is 0 Å². The van der Waals surface area contributed by atoms with Gasteiger partial charge in [0.15, 0.2) is 0 Å². The summed E-state index contributed by atoms with van der Waals surface area (Å²) in [6.45, 7) is 15.2. The van der Waals surface area contributed by atoms with E-state index in [9.17, 15) is 0 Å². The van der Waals surface area contributed by atoms with Crippen molar-refractivity contribution in [2.45, 2.75) is 120 Å². The molecule has 2 fully saturated rings. The highest BCUT2D eigenvalue weighted by Crippen LogP contribution is 2.67. The highest BCUT2D eigenvalue weighted by molar-refractivity contribution is 7.00. The fourth-order valence-corrected chi connectivity index (χ4v) is 16.4. The SMILES string of the molecule is CC(C)(C)c1cc2c3c(c1)C1(c4ccccc4)CCCCC1(C)N3c1cc(N3c4ccc(-c5ccccc5)cc4C4(C)CCCCC34C)cc3c1B2c1cc(-c2ccccc2)ccc1N3c1ccc(-c2ccccc2)cc1. The Hall–Kier alpha value is -7.56. The van der Waals surface area contributed by atoms with Gasteiger partial charge in [0.1, 0.15) is 0 Å². The topological polar surface area (TPSA) is 9.72 Å². The number of hydrogen-bond donors (Lipinski definition) is 0. The number of rotatable bonds is 6. The average molecular weight is 998 g/mol. The first-order valence-electron chi connectivity index (χ1n) is 28.8. The Kier molecular flexibility index (Phi) is 10.1. The Morgan fingerprint density at radius 2 is 0.935 bits per heavy atom. The minimum absolute atomic E-state index is 0.00809. The minimum Gasteiger partial charge on any atom is -0.335 e. The van der Waals surface area contributed by atoms with Crippen LogP contribution in [-0.4, -0.2) is 17.8 Å². The first-order valence-corrected chi connectivity index (χ1v) is 28.8. The summed E-state index contributed by atoms with van der Waals surface area (Å²) in [5.41, 5.74) is 26.1. The smallest absolute Gasteiger partial charge is 0.252 e. The third kappa shape index (κ3) is 6.45. The molecule has 3 nitrogen and oxygen atoms in total. The second-order valence-corrected chi connectivity index (χ2v) is 25.3. The molecule has 77 heavy (non-hydrogen) atoms. The lowest BCUT2D eigenvalue weighted by atomic mass is 9.33. The van der Waals surface area contributed by atoms with Crippen LogP contribution >= 0.6 is 0 Å². The van der Waals surface area contributed by atoms with Gasteiger partial charge in [-0.2, -0.15) is 0 Å². The molecule has 0 radical (unpaired) electrons. The first-order chi connectivity index (χ1) is 37.4. The van der Waals surface area contributed by atoms with Gasteiger partial charge in [0, 0.05) is 50.6 Å². The highest BCUT2D eigenvalue weighted by atomic mass is 15.3. The second-order valence-electron chi connectivity index (χ2n) is 25.3. The van der Waals surface area contributed by atoms with Gasteiger partial charge in [-0.05, 0) is 159 Å². The molecule has 6 aliphatic rings. The lowest BCUT2D eigenvalue weighted by Gasteiger charge is -2.54. The minimum atomic E-state index is -0.247. The maximum Gasteiger partial charge on any atom is 0.252 e. The van der Waals surface area contributed by atoms with Gasteiger partial charge in [0.2, 0.25) is 0 Å². The molecule has 4 aliphatic heterocycles. The maximum atomic E-state index is 2.97. The van der Waals surface area contributed by atoms with Crippen LogP contribution in [0.1, 0.15) is 115 Å². The summed E-state index contributed by atoms with van der Waals surface area (Å²) in [6.07, 6.45) is 9.38. The molecule has 2 saturated carbocycles. The van der Waals surface area contributed by atoms with Crippen molar-refractivity contribution in [1.29, 1.82) is 0 Å². The molecule has 4 unspecified atom stereocenters. The Balaban J connectivity index is 1.06. The number of benzene rings is 9. The van der Waals surface area contributed by atoms with Crippen LogP contribution in [-0.2, 0) is 16.2 Å². The van der Waals surface area contributed by atoms with Crippen LogP contribution in [0, 0.1) is 0 Å². The molecule has 0 aromatic heterocycles. The molecule has 2 aliphatic carbocycles. The van der Waals surface area contributed by atoms with Crippen LogP contribution in [0.15, 0.2) is 206 Å². The largest absolute Gasteiger partial charge is 0.335 e. The van der Waals surface area contributed by atoms with Gasteiger partial charge < -0.3 is 14.7 Å². The number of hydrogen-bond acceptors (Lipinski definition) is 3. The monoisotopic (exact) mass is 998 g/mol. The third-order valence-corrected chi connectivity index (χ3v) is 20.4. The molecule has 4 atom stereocenters. The number of fused-ring (bicyclic) bond motifs is 10. The Bertz CT molecular complexity index is 3810. The summed E-state index contributed by atoms with van der Waals surface area (Å²) in [4.78, 5) is 8.49. The molecule has 0 amide bonds. The van der Waals surface area contributed by atoms with E-state index >= 15 is 0 Å². The van der Waals surface area contributed by atoms with E-state index in [2.05, 4.69) is 262 Å². The molecule has 9 aromatic rings. The van der Waals surface area contributed by atoms with Gasteiger partial charge >= 0.3 is 0 Å². The van der Waals surface area contributed by atoms with Crippen LogP contribution in [0.5, 0.6) is 0 Å². The molecule has 0 spiro atoms. The molecule has 9 aromatic carbocycles. The number of anilines is 7. The van der Waals surface area contributed by atoms with E-state index in [1.54, 1.807) is 0 Å². The van der Waals surface area contributed by atoms with Crippen molar-refractivity contribution >= 4 is 62.9 Å². The van der Waals surface area contributed by atoms with Crippen LogP contribution in [0.3, 0.4) is 0 Å². The van der Waals surface area contributed by atoms with Crippen LogP contribution in [0.4, 0.5) is 39.8 Å². The molecule has 4 heterocycles. The van der Waals surface area contributed by atoms with E-state index in [0.29, 0.717) is 0 Å². The Morgan fingerprint density at radius 1 is 0.403 bits per heavy atom. The van der Waals surface area contributed by atoms with E-state index in [1.807, 2.05) is 0 Å². The molecule has 4 heteroatoms. The zero-order valence-corrected chi connectivity index (χ0v) is 45.7. The van der Waals surface area contributed by atoms with Crippen LogP contribution in [0.2, 0.25) is 0 Å². The first kappa shape index (κ1) is 46.7. The highest BCUT2D eigenvalue weighted by Gasteiger charge is 2.65. The van der Waals surface area contributed by atoms with Crippen LogP contribution in [0.25, 0.3) is 33.4 Å². The Labute approximate surface area is 457 Å². The van der Waals surface area contributed by atoms with Crippen molar-refractivity contribution in [3.63, 3.8) is 0 Å². The molecule has 0 saturated heterocycles. The quantitative estimate of drug-likeness (QED) is 0.154. The van der Waals surface area contributed by atoms with Crippen molar-refractivity contribution < 1.29 is 0 Å². The lowest BCUT2D eigenvalue weighted by Crippen LogP contribution is -2.65. The van der Waals surface area contributed by atoms with E-state index in [-0.39, 0.29) is 34.0 Å². The van der Waals surface area contributed by atoms with E-state index in [0.717, 1.165) is 19.3 Å². The maximum absolute atomic E-state index is 2.97. The van der Waals surface area contributed by atoms with Crippen molar-refractivity contribution in [3.8, 4) is 33.4 Å². The summed E-state index contributed by atoms with van der Waals surface area (Å²) in [5.74, 6) is 0. The second kappa shape index (κ2) is 16.7. The summed E-state index contributed by atoms with van der Waals surface area (Å²) in [5, 5.41) is 0. The molecular weight excluding hydrogens is 930 g/mol. The Morgan fingerprint density at radius 3 is 1.58 bits per heavy atom. The van der Waals surface area contributed by atoms with Gasteiger partial charge in [0.25, 0.3) is 6.71 Å². The molecule has 0 N–H and O–H groups in total. The molecular formula is C73H68BN3. The summed E-state index contributed by atoms with van der Waals surface area (Å²) in [6, 6.07) is 79.8. The van der Waals surface area contributed by atoms with Gasteiger partial charge in [-0.3, -0.25) is 0 Å². The normalized spacial score (nSPS) is 23.4. The predicted molar refractivity (Wildman–Crippen MR) is 326 cm³/mol. The van der Waals surface area contributed by atoms with Gasteiger partial charge in [-0.1, -0.05) is 217 Å². The van der Waals surface area contributed by atoms with Gasteiger partial charge in [0.05, 0.1) is 11.1 Å². The van der Waals surface area contributed by atoms with Crippen molar-refractivity contribution in [3.05, 3.63) is 229 Å². The van der Waals surface area contributed by atoms with Crippen LogP contribution < -0.4 is 31.1 Å². The summed E-state index contributed by atoms with van der Waals surface area (Å²) in [7, 11) is 0. The van der Waals surface area contributed by atoms with Gasteiger partial charge in [-0.15, -0.1) is 0 Å². The van der Waals surface area contributed by atoms with E-state index in [1.165, 1.54) is 144 Å². The zero-order valence-electron chi connectivity index (χ0n) is 45.7. The van der Waals surface area contributed by atoms with Gasteiger partial charge in [-0.25, -0.2) is 0 Å². The fraction of sp³-hybridized carbons (Fsp3) is 0.260. The molecule has 15 rings (SSSR count). The summed E-state index contributed by atoms with van der Waals surface area (Å²) >= 11 is 0. The van der Waals surface area contributed by atoms with Crippen molar-refractivity contribution in [2.75, 3.05) is 14.7 Å². The summed E-state index contributed by atoms with van der Waals surface area (Å²) < 4.78 is 0. The van der Waals surface area contributed by atoms with E-state index < -0.39 is 0 Å². The van der Waals surface area contributed by atoms with E-state index in [4.69, 9.17) is 0 Å². The zero-order chi connectivity index (χ0) is 52.1. The average Bonchev–Trinajstić information content (AvgIpc) is 4.06. The van der Waals surface area contributed by atoms with Crippen molar-refractivity contribution in [1.82, 2.24) is 0 Å². The standard InChI is InChI=1S/C73H68BN3/c1-69(2,3)56-45-60-68-62(46-56)74-61-44-54(51-27-15-9-16-28-51)34-38-64(61)75(57-35-31-52(32-36-57)49-23-11-7-12-24-49)65-47-58(48-66(67(65)74)77(68)72(6)41-21-22-42-73(60,72)55-29-17-10-18-30-55)76-63-37-33-53(50-25-13-8-14-26-50)43-59(63)70(4)39-19-20-40-71(70,76)5/h7-18,23-38,43-48H,19-22,39-42H2,1-6H3. The fourth-order valence-electron chi connectivity index (χ4n) is 16.4. The third-order valence-electron chi connectivity index (χ3n) is 20.4.